The molecule has 8 fully saturated rings. The zero-order valence-electron chi connectivity index (χ0n) is 30.9. The summed E-state index contributed by atoms with van der Waals surface area (Å²) in [6.45, 7) is 0. The van der Waals surface area contributed by atoms with Crippen LogP contribution in [0.5, 0.6) is 0 Å². The van der Waals surface area contributed by atoms with Crippen LogP contribution in [0.4, 0.5) is 0 Å². The van der Waals surface area contributed by atoms with Gasteiger partial charge in [0.05, 0.1) is 28.9 Å². The smallest absolute Gasteiger partial charge is 0.0964 e. The third kappa shape index (κ3) is 5.43. The number of aromatic nitrogens is 4. The lowest BCUT2D eigenvalue weighted by atomic mass is 9.55. The van der Waals surface area contributed by atoms with E-state index in [1.807, 2.05) is 24.8 Å². The average Bonchev–Trinajstić information content (AvgIpc) is 3.57. The quantitative estimate of drug-likeness (QED) is 0.161. The van der Waals surface area contributed by atoms with Crippen molar-refractivity contribution < 1.29 is 0 Å². The Morgan fingerprint density at radius 1 is 0.604 bits per heavy atom. The summed E-state index contributed by atoms with van der Waals surface area (Å²) >= 11 is 0. The molecule has 0 radical (unpaired) electrons. The maximum Gasteiger partial charge on any atom is 0.0964 e. The van der Waals surface area contributed by atoms with Gasteiger partial charge in [-0.3, -0.25) is 19.9 Å². The van der Waals surface area contributed by atoms with Gasteiger partial charge in [-0.15, -0.1) is 9.24 Å². The standard InChI is InChI=1S/C47H52N4P2/c52-47(42-28-48-11-13-50-42,43-29-49-12-14-51-43)41-21-39(37-7-3-1-4-8-37)44(38-9-5-2-6-10-38)40(41)30-53(45-22-31-15-32(23-45)17-33(16-31)24-45)46-25-34-18-35(26-46)20-36(19-34)27-46/h1-14,21,28-29,31-36,44H,15-20,22-27,30,52H2. The molecule has 9 aliphatic rings. The van der Waals surface area contributed by atoms with Crippen molar-refractivity contribution in [2.75, 3.05) is 6.16 Å². The van der Waals surface area contributed by atoms with Gasteiger partial charge in [0.2, 0.25) is 0 Å². The number of hydrogen-bond acceptors (Lipinski definition) is 4. The number of rotatable bonds is 9. The van der Waals surface area contributed by atoms with Crippen LogP contribution < -0.4 is 0 Å². The van der Waals surface area contributed by atoms with E-state index in [0.29, 0.717) is 10.3 Å². The molecule has 8 bridgehead atoms. The Kier molecular flexibility index (Phi) is 8.01. The highest BCUT2D eigenvalue weighted by Crippen LogP contribution is 2.80. The third-order valence-corrected chi connectivity index (χ3v) is 20.3. The Morgan fingerprint density at radius 2 is 1.06 bits per heavy atom. The molecule has 2 unspecified atom stereocenters. The van der Waals surface area contributed by atoms with Crippen molar-refractivity contribution in [3.63, 3.8) is 0 Å². The summed E-state index contributed by atoms with van der Waals surface area (Å²) in [7, 11) is 3.00. The Morgan fingerprint density at radius 3 is 1.49 bits per heavy atom. The van der Waals surface area contributed by atoms with Crippen LogP contribution in [-0.2, 0) is 5.16 Å². The van der Waals surface area contributed by atoms with Crippen molar-refractivity contribution in [3.05, 3.63) is 138 Å². The number of nitrogens with zero attached hydrogens (tertiary/aromatic N) is 4. The molecule has 0 N–H and O–H groups in total. The SMILES string of the molecule is PC(C1=C(CP(C23CC4CC(CC(C4)C2)C3)C23CC4CC(CC(C4)C2)C3)C(c2ccccc2)C(c2ccccc2)=C1)(c1cnccn1)c1cnccn1. The van der Waals surface area contributed by atoms with Crippen LogP contribution in [0.15, 0.2) is 115 Å². The van der Waals surface area contributed by atoms with Crippen molar-refractivity contribution >= 4 is 22.7 Å². The lowest BCUT2D eigenvalue weighted by Gasteiger charge is -2.68. The van der Waals surface area contributed by atoms with Crippen LogP contribution in [0.2, 0.25) is 0 Å². The highest BCUT2D eigenvalue weighted by atomic mass is 31.1. The molecule has 4 aromatic rings. The van der Waals surface area contributed by atoms with Gasteiger partial charge in [-0.2, -0.15) is 0 Å². The molecule has 9 aliphatic carbocycles. The van der Waals surface area contributed by atoms with E-state index in [2.05, 4.69) is 85.9 Å². The normalized spacial score (nSPS) is 35.9. The van der Waals surface area contributed by atoms with Crippen molar-refractivity contribution in [2.45, 2.75) is 98.4 Å². The second-order valence-corrected chi connectivity index (χ2v) is 22.5. The Balaban J connectivity index is 1.16. The van der Waals surface area contributed by atoms with Gasteiger partial charge in [0.15, 0.2) is 0 Å². The summed E-state index contributed by atoms with van der Waals surface area (Å²) in [5.41, 5.74) is 8.95. The minimum atomic E-state index is -0.689. The molecular formula is C47H52N4P2. The first-order valence-electron chi connectivity index (χ1n) is 20.6. The minimum absolute atomic E-state index is 0.176. The Labute approximate surface area is 319 Å². The van der Waals surface area contributed by atoms with Gasteiger partial charge in [0, 0.05) is 30.7 Å². The maximum absolute atomic E-state index is 5.08. The van der Waals surface area contributed by atoms with E-state index < -0.39 is 5.16 Å². The molecule has 6 heteroatoms. The molecule has 2 atom stereocenters. The van der Waals surface area contributed by atoms with Gasteiger partial charge in [0.25, 0.3) is 0 Å². The summed E-state index contributed by atoms with van der Waals surface area (Å²) < 4.78 is 0. The van der Waals surface area contributed by atoms with E-state index in [0.717, 1.165) is 46.9 Å². The lowest BCUT2D eigenvalue weighted by Crippen LogP contribution is -2.57. The molecule has 0 amide bonds. The van der Waals surface area contributed by atoms with Crippen LogP contribution in [0.1, 0.15) is 105 Å². The summed E-state index contributed by atoms with van der Waals surface area (Å²) in [6.07, 6.45) is 33.1. The molecule has 2 aromatic carbocycles. The van der Waals surface area contributed by atoms with Crippen LogP contribution in [0.25, 0.3) is 5.57 Å². The minimum Gasteiger partial charge on any atom is -0.261 e. The first kappa shape index (κ1) is 33.3. The lowest BCUT2D eigenvalue weighted by molar-refractivity contribution is 0.0187. The largest absolute Gasteiger partial charge is 0.261 e. The van der Waals surface area contributed by atoms with E-state index in [-0.39, 0.29) is 13.8 Å². The molecule has 4 nitrogen and oxygen atoms in total. The van der Waals surface area contributed by atoms with Crippen LogP contribution >= 0.6 is 17.2 Å². The molecule has 0 aliphatic heterocycles. The van der Waals surface area contributed by atoms with E-state index in [4.69, 9.17) is 9.97 Å². The van der Waals surface area contributed by atoms with Gasteiger partial charge in [0.1, 0.15) is 0 Å². The molecule has 270 valence electrons. The fourth-order valence-corrected chi connectivity index (χ4v) is 20.1. The van der Waals surface area contributed by atoms with Crippen LogP contribution in [-0.4, -0.2) is 36.4 Å². The second kappa shape index (κ2) is 12.7. The predicted octanol–water partition coefficient (Wildman–Crippen LogP) is 11.0. The van der Waals surface area contributed by atoms with Crippen LogP contribution in [0, 0.1) is 35.5 Å². The van der Waals surface area contributed by atoms with Gasteiger partial charge in [-0.25, -0.2) is 0 Å². The molecule has 53 heavy (non-hydrogen) atoms. The molecule has 2 aromatic heterocycles. The van der Waals surface area contributed by atoms with Gasteiger partial charge >= 0.3 is 0 Å². The Bertz CT molecular complexity index is 1890. The van der Waals surface area contributed by atoms with E-state index >= 15 is 0 Å². The van der Waals surface area contributed by atoms with Gasteiger partial charge in [-0.1, -0.05) is 74.7 Å². The topological polar surface area (TPSA) is 51.6 Å². The van der Waals surface area contributed by atoms with Crippen molar-refractivity contribution in [1.82, 2.24) is 19.9 Å². The molecule has 8 saturated carbocycles. The zero-order valence-corrected chi connectivity index (χ0v) is 32.9. The second-order valence-electron chi connectivity index (χ2n) is 18.6. The monoisotopic (exact) mass is 734 g/mol. The highest BCUT2D eigenvalue weighted by molar-refractivity contribution is 7.61. The molecule has 13 rings (SSSR count). The summed E-state index contributed by atoms with van der Waals surface area (Å²) in [5.74, 6) is 5.93. The van der Waals surface area contributed by atoms with Gasteiger partial charge in [-0.05, 0) is 157 Å². The van der Waals surface area contributed by atoms with Gasteiger partial charge < -0.3 is 0 Å². The zero-order chi connectivity index (χ0) is 35.2. The van der Waals surface area contributed by atoms with Crippen molar-refractivity contribution in [1.29, 1.82) is 0 Å². The first-order chi connectivity index (χ1) is 26.0. The number of hydrogen-bond donors (Lipinski definition) is 0. The highest BCUT2D eigenvalue weighted by Gasteiger charge is 2.63. The fourth-order valence-electron chi connectivity index (χ4n) is 14.3. The molecule has 2 heterocycles. The average molecular weight is 735 g/mol. The first-order valence-corrected chi connectivity index (χ1v) is 22.7. The number of allylic oxidation sites excluding steroid dienone is 4. The van der Waals surface area contributed by atoms with Crippen molar-refractivity contribution in [2.24, 2.45) is 35.5 Å². The van der Waals surface area contributed by atoms with E-state index in [1.165, 1.54) is 105 Å². The summed E-state index contributed by atoms with van der Waals surface area (Å²) in [5, 5.41) is 0.353. The maximum atomic E-state index is 5.08. The predicted molar refractivity (Wildman–Crippen MR) is 219 cm³/mol. The molecule has 0 spiro atoms. The van der Waals surface area contributed by atoms with Crippen molar-refractivity contribution in [3.8, 4) is 0 Å². The van der Waals surface area contributed by atoms with E-state index in [1.54, 1.807) is 18.0 Å². The van der Waals surface area contributed by atoms with Crippen LogP contribution in [0.3, 0.4) is 0 Å². The number of benzene rings is 2. The fraction of sp³-hybridized carbons (Fsp3) is 0.489. The summed E-state index contributed by atoms with van der Waals surface area (Å²) in [6, 6.07) is 22.8. The summed E-state index contributed by atoms with van der Waals surface area (Å²) in [4.78, 5) is 19.5. The molecule has 0 saturated heterocycles. The van der Waals surface area contributed by atoms with E-state index in [9.17, 15) is 0 Å². The Hall–Kier alpha value is -3.06. The third-order valence-electron chi connectivity index (χ3n) is 15.4. The molecular weight excluding hydrogens is 682 g/mol.